The Bertz CT molecular complexity index is 576. The molecule has 0 aromatic heterocycles. The summed E-state index contributed by atoms with van der Waals surface area (Å²) in [5.74, 6) is -3.56. The van der Waals surface area contributed by atoms with E-state index in [4.69, 9.17) is 9.47 Å². The summed E-state index contributed by atoms with van der Waals surface area (Å²) >= 11 is 0. The molecule has 0 aliphatic carbocycles. The van der Waals surface area contributed by atoms with Gasteiger partial charge in [0.15, 0.2) is 0 Å². The van der Waals surface area contributed by atoms with E-state index < -0.39 is 47.0 Å². The van der Waals surface area contributed by atoms with E-state index in [0.717, 1.165) is 0 Å². The van der Waals surface area contributed by atoms with Gasteiger partial charge in [0, 0.05) is 30.9 Å². The largest absolute Gasteiger partial charge is 0.459 e. The van der Waals surface area contributed by atoms with Crippen LogP contribution in [0.15, 0.2) is 0 Å². The minimum absolute atomic E-state index is 0.116. The first kappa shape index (κ1) is 23.8. The van der Waals surface area contributed by atoms with E-state index in [1.165, 1.54) is 27.9 Å². The van der Waals surface area contributed by atoms with Gasteiger partial charge in [-0.2, -0.15) is 0 Å². The number of hydrogen-bond donors (Lipinski definition) is 2. The number of ketones is 2. The number of carbonyl (C=O) groups excluding carboxylic acids is 3. The van der Waals surface area contributed by atoms with Crippen molar-refractivity contribution in [3.63, 3.8) is 0 Å². The highest BCUT2D eigenvalue weighted by Gasteiger charge is 2.45. The average molecular weight is 384 g/mol. The molecule has 2 N–H and O–H groups in total. The second-order valence-electron chi connectivity index (χ2n) is 8.39. The predicted octanol–water partition coefficient (Wildman–Crippen LogP) is 0.236. The molecule has 7 atom stereocenters. The van der Waals surface area contributed by atoms with Crippen LogP contribution in [0.25, 0.3) is 0 Å². The summed E-state index contributed by atoms with van der Waals surface area (Å²) < 4.78 is 10.8. The summed E-state index contributed by atoms with van der Waals surface area (Å²) in [5, 5.41) is 21.3. The van der Waals surface area contributed by atoms with Gasteiger partial charge in [0.2, 0.25) is 0 Å². The van der Waals surface area contributed by atoms with Crippen molar-refractivity contribution in [1.82, 2.24) is 0 Å². The van der Waals surface area contributed by atoms with Gasteiger partial charge in [0.1, 0.15) is 37.0 Å². The Morgan fingerprint density at radius 2 is 1.74 bits per heavy atom. The van der Waals surface area contributed by atoms with Crippen LogP contribution in [0.5, 0.6) is 0 Å². The Kier molecular flexibility index (Phi) is 7.79. The minimum atomic E-state index is -1.85. The molecule has 1 saturated heterocycles. The molecule has 0 bridgehead atoms. The first-order valence-corrected chi connectivity index (χ1v) is 9.49. The number of methoxy groups -OCH3 is 1. The first-order valence-electron chi connectivity index (χ1n) is 9.49. The zero-order valence-electron chi connectivity index (χ0n) is 17.4. The van der Waals surface area contributed by atoms with Gasteiger partial charge in [-0.1, -0.05) is 13.8 Å². The van der Waals surface area contributed by atoms with Gasteiger partial charge in [-0.05, 0) is 33.6 Å². The van der Waals surface area contributed by atoms with E-state index >= 15 is 0 Å². The maximum atomic E-state index is 12.8. The summed E-state index contributed by atoms with van der Waals surface area (Å²) in [7, 11) is 3.34. The molecule has 8 heteroatoms. The third-order valence-electron chi connectivity index (χ3n) is 6.09. The smallest absolute Gasteiger partial charge is 0.316 e. The molecule has 154 valence electrons. The van der Waals surface area contributed by atoms with Gasteiger partial charge in [-0.3, -0.25) is 14.4 Å². The molecule has 0 saturated carbocycles. The van der Waals surface area contributed by atoms with Crippen LogP contribution in [-0.2, 0) is 23.9 Å². The summed E-state index contributed by atoms with van der Waals surface area (Å²) in [6.07, 6.45) is -1.68. The lowest BCUT2D eigenvalue weighted by atomic mass is 9.69. The second kappa shape index (κ2) is 8.84. The van der Waals surface area contributed by atoms with Crippen LogP contribution in [-0.4, -0.2) is 66.0 Å². The fourth-order valence-electron chi connectivity index (χ4n) is 3.52. The van der Waals surface area contributed by atoms with Gasteiger partial charge in [0.05, 0.1) is 6.10 Å². The zero-order chi connectivity index (χ0) is 21.2. The van der Waals surface area contributed by atoms with Crippen LogP contribution in [0.1, 0.15) is 53.9 Å². The number of aliphatic hydroxyl groups is 2. The van der Waals surface area contributed by atoms with Gasteiger partial charge in [-0.15, -0.1) is 0 Å². The summed E-state index contributed by atoms with van der Waals surface area (Å²) in [6.45, 7) is 7.52. The molecule has 0 aromatic carbocycles. The molecule has 0 spiro atoms. The number of ether oxygens (including phenoxy) is 2. The van der Waals surface area contributed by atoms with Crippen molar-refractivity contribution in [3.05, 3.63) is 0 Å². The number of esters is 1. The van der Waals surface area contributed by atoms with Gasteiger partial charge >= 0.3 is 5.97 Å². The maximum absolute atomic E-state index is 12.8. The number of rotatable bonds is 1. The molecular weight excluding hydrogens is 351 g/mol. The van der Waals surface area contributed by atoms with Crippen molar-refractivity contribution in [2.45, 2.75) is 77.2 Å². The summed E-state index contributed by atoms with van der Waals surface area (Å²) in [6, 6.07) is 0. The molecule has 7 nitrogen and oxygen atoms in total. The quantitative estimate of drug-likeness (QED) is 0.379. The van der Waals surface area contributed by atoms with E-state index in [-0.39, 0.29) is 18.0 Å². The van der Waals surface area contributed by atoms with Crippen LogP contribution in [0, 0.1) is 17.8 Å². The molecule has 1 aliphatic heterocycles. The van der Waals surface area contributed by atoms with Crippen molar-refractivity contribution in [3.8, 4) is 0 Å². The lowest BCUT2D eigenvalue weighted by Gasteiger charge is -2.38. The third kappa shape index (κ3) is 5.39. The number of carbonyl (C=O) groups is 3. The fourth-order valence-corrected chi connectivity index (χ4v) is 3.52. The van der Waals surface area contributed by atoms with Gasteiger partial charge in [-0.25, -0.2) is 0 Å². The van der Waals surface area contributed by atoms with Crippen LogP contribution in [0.4, 0.5) is 0 Å². The molecular formula is C19H33BO7. The molecule has 1 aliphatic rings. The van der Waals surface area contributed by atoms with Gasteiger partial charge in [0.25, 0.3) is 0 Å². The second-order valence-corrected chi connectivity index (χ2v) is 8.39. The molecule has 1 heterocycles. The van der Waals surface area contributed by atoms with Crippen molar-refractivity contribution in [2.24, 2.45) is 17.8 Å². The minimum Gasteiger partial charge on any atom is -0.459 e. The third-order valence-corrected chi connectivity index (χ3v) is 6.09. The number of hydrogen-bond acceptors (Lipinski definition) is 7. The Morgan fingerprint density at radius 3 is 2.26 bits per heavy atom. The number of Topliss-reactive ketones (excluding diaryl/α,β-unsaturated/α-hetero) is 2. The van der Waals surface area contributed by atoms with Crippen molar-refractivity contribution >= 4 is 25.4 Å². The van der Waals surface area contributed by atoms with E-state index in [9.17, 15) is 24.6 Å². The highest BCUT2D eigenvalue weighted by atomic mass is 16.6. The lowest BCUT2D eigenvalue weighted by molar-refractivity contribution is -0.186. The first-order chi connectivity index (χ1) is 12.3. The number of cyclic esters (lactones) is 1. The normalized spacial score (nSPS) is 43.1. The van der Waals surface area contributed by atoms with Crippen LogP contribution in [0.3, 0.4) is 0 Å². The summed E-state index contributed by atoms with van der Waals surface area (Å²) in [4.78, 5) is 37.5. The Morgan fingerprint density at radius 1 is 1.19 bits per heavy atom. The lowest BCUT2D eigenvalue weighted by Crippen LogP contribution is -2.55. The molecule has 27 heavy (non-hydrogen) atoms. The highest BCUT2D eigenvalue weighted by molar-refractivity contribution is 6.15. The molecule has 0 aromatic rings. The highest BCUT2D eigenvalue weighted by Crippen LogP contribution is 2.31. The topological polar surface area (TPSA) is 110 Å². The standard InChI is InChI=1S/C19H33BO7/c1-10-9-19(20,26-6)8-7-14(21)11(2)17(24)27-13(4)18(5,25)16(23)12(3)15(10)22/h10-13,16,23,25H,7-9,20H2,1-6H3/t10?,11-,12+,13?,16?,18?,19+/m1/s1. The molecule has 1 fully saturated rings. The van der Waals surface area contributed by atoms with Crippen molar-refractivity contribution in [1.29, 1.82) is 0 Å². The van der Waals surface area contributed by atoms with E-state index in [0.29, 0.717) is 12.8 Å². The Balaban J connectivity index is 3.26. The van der Waals surface area contributed by atoms with Gasteiger partial charge < -0.3 is 19.7 Å². The molecule has 0 radical (unpaired) electrons. The van der Waals surface area contributed by atoms with Crippen molar-refractivity contribution < 1.29 is 34.1 Å². The van der Waals surface area contributed by atoms with Crippen molar-refractivity contribution in [2.75, 3.05) is 7.11 Å². The predicted molar refractivity (Wildman–Crippen MR) is 102 cm³/mol. The Labute approximate surface area is 162 Å². The van der Waals surface area contributed by atoms with E-state index in [1.54, 1.807) is 13.8 Å². The SMILES string of the molecule is B[C@]1(OC)CCC(=O)[C@@H](C)C(=O)OC(C)C(C)(O)C(O)[C@@H](C)C(=O)C(C)C1. The number of aliphatic hydroxyl groups excluding tert-OH is 1. The Hall–Kier alpha value is -1.25. The molecule has 4 unspecified atom stereocenters. The zero-order valence-corrected chi connectivity index (χ0v) is 17.4. The van der Waals surface area contributed by atoms with E-state index in [2.05, 4.69) is 0 Å². The summed E-state index contributed by atoms with van der Waals surface area (Å²) in [5.41, 5.74) is -2.57. The van der Waals surface area contributed by atoms with Crippen LogP contribution < -0.4 is 0 Å². The molecule has 1 rings (SSSR count). The monoisotopic (exact) mass is 384 g/mol. The van der Waals surface area contributed by atoms with Crippen LogP contribution in [0.2, 0.25) is 0 Å². The fraction of sp³-hybridized carbons (Fsp3) is 0.842. The average Bonchev–Trinajstić information content (AvgIpc) is 2.62. The van der Waals surface area contributed by atoms with E-state index in [1.807, 2.05) is 7.85 Å². The maximum Gasteiger partial charge on any atom is 0.316 e. The molecule has 0 amide bonds. The van der Waals surface area contributed by atoms with Crippen LogP contribution >= 0.6 is 0 Å².